The molecule has 5 heteroatoms. The molecule has 0 aromatic heterocycles. The van der Waals surface area contributed by atoms with Crippen LogP contribution in [0, 0.1) is 26.5 Å². The lowest BCUT2D eigenvalue weighted by atomic mass is 9.90. The van der Waals surface area contributed by atoms with Gasteiger partial charge in [0, 0.05) is 9.13 Å². The Morgan fingerprint density at radius 2 is 1.75 bits per heavy atom. The van der Waals surface area contributed by atoms with Gasteiger partial charge in [-0.3, -0.25) is 0 Å². The monoisotopic (exact) mass is 385 g/mol. The molecule has 0 amide bonds. The molecule has 0 saturated carbocycles. The van der Waals surface area contributed by atoms with Gasteiger partial charge in [0.2, 0.25) is 0 Å². The highest BCUT2D eigenvalue weighted by Crippen LogP contribution is 2.34. The zero-order chi connectivity index (χ0) is 14.7. The van der Waals surface area contributed by atoms with Crippen LogP contribution < -0.4 is 0 Å². The minimum absolute atomic E-state index is 0.0870. The Hall–Kier alpha value is -1.52. The van der Waals surface area contributed by atoms with Crippen LogP contribution in [0.3, 0.4) is 0 Å². The van der Waals surface area contributed by atoms with E-state index < -0.39 is 23.7 Å². The second kappa shape index (κ2) is 6.29. The van der Waals surface area contributed by atoms with Gasteiger partial charge >= 0.3 is 0 Å². The normalized spacial score (nSPS) is 13.6. The summed E-state index contributed by atoms with van der Waals surface area (Å²) >= 11 is 1.91. The number of aliphatic hydroxyl groups is 1. The third-order valence-electron chi connectivity index (χ3n) is 2.98. The molecule has 0 fully saturated rings. The third-order valence-corrected chi connectivity index (χ3v) is 3.92. The van der Waals surface area contributed by atoms with Crippen LogP contribution >= 0.6 is 22.6 Å². The van der Waals surface area contributed by atoms with Crippen molar-refractivity contribution in [1.29, 1.82) is 5.26 Å². The standard InChI is InChI=1S/C15H10F2INO/c16-10-6-4-9(5-7-10)11(8-19)15(20)14-12(17)2-1-3-13(14)18/h1-7,11,15,20H. The molecule has 0 aliphatic heterocycles. The number of hydrogen-bond donors (Lipinski definition) is 1. The molecule has 0 spiro atoms. The van der Waals surface area contributed by atoms with Gasteiger partial charge < -0.3 is 5.11 Å². The molecular weight excluding hydrogens is 375 g/mol. The molecule has 0 radical (unpaired) electrons. The van der Waals surface area contributed by atoms with Gasteiger partial charge in [-0.1, -0.05) is 18.2 Å². The molecule has 0 bridgehead atoms. The van der Waals surface area contributed by atoms with E-state index in [2.05, 4.69) is 0 Å². The lowest BCUT2D eigenvalue weighted by Gasteiger charge is -2.19. The minimum Gasteiger partial charge on any atom is -0.387 e. The highest BCUT2D eigenvalue weighted by molar-refractivity contribution is 14.1. The summed E-state index contributed by atoms with van der Waals surface area (Å²) in [5, 5.41) is 19.5. The summed E-state index contributed by atoms with van der Waals surface area (Å²) in [6, 6.07) is 11.6. The number of hydrogen-bond acceptors (Lipinski definition) is 2. The number of rotatable bonds is 3. The molecule has 1 N–H and O–H groups in total. The maximum Gasteiger partial charge on any atom is 0.130 e. The van der Waals surface area contributed by atoms with Crippen LogP contribution in [0.2, 0.25) is 0 Å². The fraction of sp³-hybridized carbons (Fsp3) is 0.133. The van der Waals surface area contributed by atoms with Gasteiger partial charge in [-0.2, -0.15) is 5.26 Å². The summed E-state index contributed by atoms with van der Waals surface area (Å²) < 4.78 is 27.3. The summed E-state index contributed by atoms with van der Waals surface area (Å²) in [6.07, 6.45) is -1.31. The average molecular weight is 385 g/mol. The topological polar surface area (TPSA) is 44.0 Å². The van der Waals surface area contributed by atoms with E-state index in [1.54, 1.807) is 6.07 Å². The Kier molecular flexibility index (Phi) is 4.68. The predicted molar refractivity (Wildman–Crippen MR) is 78.8 cm³/mol. The van der Waals surface area contributed by atoms with Gasteiger partial charge in [0.15, 0.2) is 0 Å². The molecular formula is C15H10F2INO. The number of nitriles is 1. The Labute approximate surface area is 128 Å². The molecule has 0 saturated heterocycles. The summed E-state index contributed by atoms with van der Waals surface area (Å²) in [5.41, 5.74) is 0.532. The first-order valence-corrected chi connectivity index (χ1v) is 6.89. The SMILES string of the molecule is N#CC(c1ccc(F)cc1)C(O)c1c(F)cccc1I. The van der Waals surface area contributed by atoms with Gasteiger partial charge in [-0.15, -0.1) is 0 Å². The van der Waals surface area contributed by atoms with Crippen molar-refractivity contribution in [3.63, 3.8) is 0 Å². The van der Waals surface area contributed by atoms with E-state index in [0.717, 1.165) is 0 Å². The van der Waals surface area contributed by atoms with Gasteiger partial charge in [-0.25, -0.2) is 8.78 Å². The Morgan fingerprint density at radius 1 is 1.10 bits per heavy atom. The largest absolute Gasteiger partial charge is 0.387 e. The van der Waals surface area contributed by atoms with Crippen LogP contribution in [0.4, 0.5) is 8.78 Å². The number of benzene rings is 2. The molecule has 20 heavy (non-hydrogen) atoms. The van der Waals surface area contributed by atoms with E-state index in [-0.39, 0.29) is 5.56 Å². The predicted octanol–water partition coefficient (Wildman–Crippen LogP) is 3.91. The molecule has 0 heterocycles. The van der Waals surface area contributed by atoms with E-state index in [1.165, 1.54) is 36.4 Å². The molecule has 2 aromatic rings. The molecule has 2 rings (SSSR count). The van der Waals surface area contributed by atoms with Crippen molar-refractivity contribution >= 4 is 22.6 Å². The van der Waals surface area contributed by atoms with Crippen molar-refractivity contribution in [2.24, 2.45) is 0 Å². The summed E-state index contributed by atoms with van der Waals surface area (Å²) in [7, 11) is 0. The van der Waals surface area contributed by atoms with E-state index in [1.807, 2.05) is 28.7 Å². The highest BCUT2D eigenvalue weighted by atomic mass is 127. The second-order valence-electron chi connectivity index (χ2n) is 4.24. The minimum atomic E-state index is -1.31. The molecule has 2 aromatic carbocycles. The van der Waals surface area contributed by atoms with Crippen LogP contribution in [-0.2, 0) is 0 Å². The zero-order valence-corrected chi connectivity index (χ0v) is 12.4. The average Bonchev–Trinajstić information content (AvgIpc) is 2.41. The van der Waals surface area contributed by atoms with E-state index in [9.17, 15) is 19.1 Å². The molecule has 2 nitrogen and oxygen atoms in total. The van der Waals surface area contributed by atoms with Crippen LogP contribution in [0.15, 0.2) is 42.5 Å². The summed E-state index contributed by atoms with van der Waals surface area (Å²) in [4.78, 5) is 0. The first-order valence-electron chi connectivity index (χ1n) is 5.81. The quantitative estimate of drug-likeness (QED) is 0.815. The fourth-order valence-electron chi connectivity index (χ4n) is 1.96. The van der Waals surface area contributed by atoms with E-state index >= 15 is 0 Å². The number of halogens is 3. The zero-order valence-electron chi connectivity index (χ0n) is 10.2. The second-order valence-corrected chi connectivity index (χ2v) is 5.40. The molecule has 2 atom stereocenters. The number of nitrogens with zero attached hydrogens (tertiary/aromatic N) is 1. The van der Waals surface area contributed by atoms with E-state index in [0.29, 0.717) is 9.13 Å². The van der Waals surface area contributed by atoms with Gasteiger partial charge in [0.1, 0.15) is 23.7 Å². The van der Waals surface area contributed by atoms with Crippen LogP contribution in [0.5, 0.6) is 0 Å². The van der Waals surface area contributed by atoms with Gasteiger partial charge in [0.05, 0.1) is 6.07 Å². The maximum atomic E-state index is 13.8. The lowest BCUT2D eigenvalue weighted by molar-refractivity contribution is 0.158. The van der Waals surface area contributed by atoms with Gasteiger partial charge in [0.25, 0.3) is 0 Å². The first kappa shape index (κ1) is 14.9. The highest BCUT2D eigenvalue weighted by Gasteiger charge is 2.26. The summed E-state index contributed by atoms with van der Waals surface area (Å²) in [6.45, 7) is 0. The Morgan fingerprint density at radius 3 is 2.30 bits per heavy atom. The number of aliphatic hydroxyl groups excluding tert-OH is 1. The molecule has 2 unspecified atom stereocenters. The fourth-order valence-corrected chi connectivity index (χ4v) is 2.74. The van der Waals surface area contributed by atoms with Crippen molar-refractivity contribution < 1.29 is 13.9 Å². The van der Waals surface area contributed by atoms with Crippen molar-refractivity contribution in [3.05, 3.63) is 68.8 Å². The molecule has 102 valence electrons. The molecule has 0 aliphatic carbocycles. The smallest absolute Gasteiger partial charge is 0.130 e. The molecule has 0 aliphatic rings. The van der Waals surface area contributed by atoms with Crippen molar-refractivity contribution in [2.75, 3.05) is 0 Å². The lowest BCUT2D eigenvalue weighted by Crippen LogP contribution is -2.12. The maximum absolute atomic E-state index is 13.8. The van der Waals surface area contributed by atoms with Crippen LogP contribution in [0.25, 0.3) is 0 Å². The summed E-state index contributed by atoms with van der Waals surface area (Å²) in [5.74, 6) is -1.95. The van der Waals surface area contributed by atoms with Crippen molar-refractivity contribution in [1.82, 2.24) is 0 Å². The van der Waals surface area contributed by atoms with Crippen molar-refractivity contribution in [3.8, 4) is 6.07 Å². The van der Waals surface area contributed by atoms with Crippen molar-refractivity contribution in [2.45, 2.75) is 12.0 Å². The Balaban J connectivity index is 2.42. The Bertz CT molecular complexity index is 632. The van der Waals surface area contributed by atoms with Crippen LogP contribution in [-0.4, -0.2) is 5.11 Å². The van der Waals surface area contributed by atoms with Crippen LogP contribution in [0.1, 0.15) is 23.1 Å². The van der Waals surface area contributed by atoms with Gasteiger partial charge in [-0.05, 0) is 52.4 Å². The van der Waals surface area contributed by atoms with E-state index in [4.69, 9.17) is 0 Å². The third kappa shape index (κ3) is 2.97. The first-order chi connectivity index (χ1) is 9.54.